The van der Waals surface area contributed by atoms with Crippen LogP contribution in [0.2, 0.25) is 5.02 Å². The van der Waals surface area contributed by atoms with Crippen LogP contribution in [0.3, 0.4) is 0 Å². The van der Waals surface area contributed by atoms with Gasteiger partial charge in [-0.25, -0.2) is 10.9 Å². The van der Waals surface area contributed by atoms with Crippen molar-refractivity contribution in [3.05, 3.63) is 34.9 Å². The van der Waals surface area contributed by atoms with E-state index in [0.717, 1.165) is 30.1 Å². The van der Waals surface area contributed by atoms with E-state index < -0.39 is 0 Å². The Morgan fingerprint density at radius 2 is 1.91 bits per heavy atom. The van der Waals surface area contributed by atoms with Crippen molar-refractivity contribution in [2.75, 3.05) is 13.1 Å². The number of carbonyl (C=O) groups is 1. The number of piperazine rings is 1. The number of halogens is 2. The molecule has 0 bridgehead atoms. The molecule has 0 spiro atoms. The Hall–Kier alpha value is -0.850. The first-order valence-electron chi connectivity index (χ1n) is 7.86. The van der Waals surface area contributed by atoms with Gasteiger partial charge in [0.15, 0.2) is 0 Å². The number of hydrazine groups is 1. The molecule has 4 unspecified atom stereocenters. The van der Waals surface area contributed by atoms with Gasteiger partial charge in [-0.2, -0.15) is 0 Å². The monoisotopic (exact) mass is 358 g/mol. The summed E-state index contributed by atoms with van der Waals surface area (Å²) in [5, 5.41) is 4.13. The quantitative estimate of drug-likeness (QED) is 0.755. The second-order valence-electron chi connectivity index (χ2n) is 6.20. The minimum Gasteiger partial charge on any atom is -0.336 e. The van der Waals surface area contributed by atoms with E-state index in [-0.39, 0.29) is 36.4 Å². The molecule has 2 heterocycles. The van der Waals surface area contributed by atoms with Gasteiger partial charge in [-0.1, -0.05) is 23.7 Å². The van der Waals surface area contributed by atoms with Crippen LogP contribution in [0.4, 0.5) is 0 Å². The van der Waals surface area contributed by atoms with E-state index in [4.69, 9.17) is 11.6 Å². The van der Waals surface area contributed by atoms with E-state index in [0.29, 0.717) is 6.04 Å². The van der Waals surface area contributed by atoms with Crippen molar-refractivity contribution in [1.82, 2.24) is 21.1 Å². The molecule has 3 rings (SSSR count). The first-order valence-corrected chi connectivity index (χ1v) is 8.24. The van der Waals surface area contributed by atoms with Crippen molar-refractivity contribution in [3.63, 3.8) is 0 Å². The fourth-order valence-corrected chi connectivity index (χ4v) is 3.33. The van der Waals surface area contributed by atoms with Crippen LogP contribution in [0, 0.1) is 0 Å². The largest absolute Gasteiger partial charge is 0.336 e. The fourth-order valence-electron chi connectivity index (χ4n) is 3.20. The molecule has 1 aromatic rings. The van der Waals surface area contributed by atoms with E-state index in [1.54, 1.807) is 0 Å². The van der Waals surface area contributed by atoms with E-state index in [1.165, 1.54) is 0 Å². The molecule has 23 heavy (non-hydrogen) atoms. The summed E-state index contributed by atoms with van der Waals surface area (Å²) in [4.78, 5) is 14.8. The molecular weight excluding hydrogens is 335 g/mol. The molecule has 1 amide bonds. The Labute approximate surface area is 148 Å². The summed E-state index contributed by atoms with van der Waals surface area (Å²) in [6, 6.07) is 8.29. The van der Waals surface area contributed by atoms with Gasteiger partial charge in [0.2, 0.25) is 5.91 Å². The van der Waals surface area contributed by atoms with Crippen LogP contribution in [0.1, 0.15) is 31.9 Å². The third-order valence-electron chi connectivity index (χ3n) is 4.79. The zero-order chi connectivity index (χ0) is 15.7. The number of amides is 1. The van der Waals surface area contributed by atoms with E-state index in [2.05, 4.69) is 30.0 Å². The smallest absolute Gasteiger partial charge is 0.241 e. The van der Waals surface area contributed by atoms with Crippen LogP contribution >= 0.6 is 24.0 Å². The van der Waals surface area contributed by atoms with Crippen molar-refractivity contribution in [3.8, 4) is 0 Å². The summed E-state index contributed by atoms with van der Waals surface area (Å²) in [6.07, 6.45) is 0.755. The molecule has 2 saturated heterocycles. The molecule has 128 valence electrons. The lowest BCUT2D eigenvalue weighted by molar-refractivity contribution is -0.136. The molecule has 1 aromatic carbocycles. The molecule has 4 atom stereocenters. The third kappa shape index (κ3) is 3.98. The van der Waals surface area contributed by atoms with Gasteiger partial charge >= 0.3 is 0 Å². The average molecular weight is 359 g/mol. The lowest BCUT2D eigenvalue weighted by atomic mass is 10.00. The molecule has 7 heteroatoms. The van der Waals surface area contributed by atoms with Crippen LogP contribution in [0.15, 0.2) is 24.3 Å². The standard InChI is InChI=1S/C16H23ClN4O.ClH/c1-10-11(2)21(8-7-18-10)16(22)15-9-14(19-20-15)12-3-5-13(17)6-4-12;/h3-6,10-11,14-15,18-20H,7-9H2,1-2H3;1H. The maximum absolute atomic E-state index is 12.8. The lowest BCUT2D eigenvalue weighted by Crippen LogP contribution is -2.60. The second kappa shape index (κ2) is 7.81. The summed E-state index contributed by atoms with van der Waals surface area (Å²) in [7, 11) is 0. The van der Waals surface area contributed by atoms with Crippen LogP contribution < -0.4 is 16.2 Å². The molecule has 0 aromatic heterocycles. The summed E-state index contributed by atoms with van der Waals surface area (Å²) in [5.41, 5.74) is 7.54. The van der Waals surface area contributed by atoms with Gasteiger partial charge in [-0.05, 0) is 38.0 Å². The second-order valence-corrected chi connectivity index (χ2v) is 6.63. The third-order valence-corrected chi connectivity index (χ3v) is 5.04. The maximum atomic E-state index is 12.8. The molecule has 2 aliphatic rings. The SMILES string of the molecule is CC1NCCN(C(=O)C2CC(c3ccc(Cl)cc3)NN2)C1C.Cl. The number of carbonyl (C=O) groups excluding carboxylic acids is 1. The summed E-state index contributed by atoms with van der Waals surface area (Å²) >= 11 is 5.93. The van der Waals surface area contributed by atoms with Crippen LogP contribution in [0.25, 0.3) is 0 Å². The Bertz CT molecular complexity index is 539. The van der Waals surface area contributed by atoms with Gasteiger partial charge in [0.05, 0.1) is 0 Å². The number of benzene rings is 1. The molecule has 3 N–H and O–H groups in total. The highest BCUT2D eigenvalue weighted by Gasteiger charge is 2.36. The maximum Gasteiger partial charge on any atom is 0.241 e. The molecule has 2 aliphatic heterocycles. The van der Waals surface area contributed by atoms with Gasteiger partial charge in [0.1, 0.15) is 6.04 Å². The van der Waals surface area contributed by atoms with E-state index in [1.807, 2.05) is 29.2 Å². The average Bonchev–Trinajstić information content (AvgIpc) is 3.00. The number of nitrogens with zero attached hydrogens (tertiary/aromatic N) is 1. The normalized spacial score (nSPS) is 30.8. The van der Waals surface area contributed by atoms with Crippen molar-refractivity contribution in [1.29, 1.82) is 0 Å². The van der Waals surface area contributed by atoms with Crippen molar-refractivity contribution >= 4 is 29.9 Å². The van der Waals surface area contributed by atoms with Gasteiger partial charge < -0.3 is 10.2 Å². The van der Waals surface area contributed by atoms with Crippen LogP contribution in [-0.4, -0.2) is 42.0 Å². The Morgan fingerprint density at radius 3 is 2.61 bits per heavy atom. The first-order chi connectivity index (χ1) is 10.6. The zero-order valence-corrected chi connectivity index (χ0v) is 15.0. The van der Waals surface area contributed by atoms with Crippen molar-refractivity contribution < 1.29 is 4.79 Å². The topological polar surface area (TPSA) is 56.4 Å². The molecule has 0 aliphatic carbocycles. The van der Waals surface area contributed by atoms with Gasteiger partial charge in [0, 0.05) is 36.2 Å². The molecule has 0 radical (unpaired) electrons. The van der Waals surface area contributed by atoms with E-state index >= 15 is 0 Å². The van der Waals surface area contributed by atoms with Crippen LogP contribution in [-0.2, 0) is 4.79 Å². The number of nitrogens with one attached hydrogen (secondary N) is 3. The molecular formula is C16H24Cl2N4O. The number of rotatable bonds is 2. The van der Waals surface area contributed by atoms with Crippen molar-refractivity contribution in [2.45, 2.75) is 44.4 Å². The van der Waals surface area contributed by atoms with Crippen molar-refractivity contribution in [2.24, 2.45) is 0 Å². The highest BCUT2D eigenvalue weighted by Crippen LogP contribution is 2.25. The number of hydrogen-bond acceptors (Lipinski definition) is 4. The van der Waals surface area contributed by atoms with Crippen LogP contribution in [0.5, 0.6) is 0 Å². The molecule has 5 nitrogen and oxygen atoms in total. The lowest BCUT2D eigenvalue weighted by Gasteiger charge is -2.39. The Kier molecular flexibility index (Phi) is 6.28. The predicted molar refractivity (Wildman–Crippen MR) is 94.8 cm³/mol. The fraction of sp³-hybridized carbons (Fsp3) is 0.562. The minimum atomic E-state index is -0.173. The molecule has 2 fully saturated rings. The first kappa shape index (κ1) is 18.5. The Morgan fingerprint density at radius 1 is 1.22 bits per heavy atom. The summed E-state index contributed by atoms with van der Waals surface area (Å²) in [6.45, 7) is 5.86. The van der Waals surface area contributed by atoms with Gasteiger partial charge in [-0.3, -0.25) is 4.79 Å². The highest BCUT2D eigenvalue weighted by atomic mass is 35.5. The predicted octanol–water partition coefficient (Wildman–Crippen LogP) is 1.88. The number of hydrogen-bond donors (Lipinski definition) is 3. The Balaban J connectivity index is 0.00000192. The van der Waals surface area contributed by atoms with Gasteiger partial charge in [0.25, 0.3) is 0 Å². The highest BCUT2D eigenvalue weighted by molar-refractivity contribution is 6.30. The van der Waals surface area contributed by atoms with Gasteiger partial charge in [-0.15, -0.1) is 12.4 Å². The zero-order valence-electron chi connectivity index (χ0n) is 13.4. The summed E-state index contributed by atoms with van der Waals surface area (Å²) < 4.78 is 0. The molecule has 0 saturated carbocycles. The minimum absolute atomic E-state index is 0. The summed E-state index contributed by atoms with van der Waals surface area (Å²) in [5.74, 6) is 0.185. The van der Waals surface area contributed by atoms with E-state index in [9.17, 15) is 4.79 Å².